The van der Waals surface area contributed by atoms with E-state index in [1.165, 1.54) is 16.7 Å². The molecule has 98 valence electrons. The third-order valence-electron chi connectivity index (χ3n) is 3.79. The summed E-state index contributed by atoms with van der Waals surface area (Å²) in [6.07, 6.45) is 0. The number of rotatable bonds is 3. The zero-order valence-electron chi connectivity index (χ0n) is 10.6. The summed E-state index contributed by atoms with van der Waals surface area (Å²) in [5, 5.41) is 0. The van der Waals surface area contributed by atoms with Crippen LogP contribution in [0.15, 0.2) is 53.0 Å². The molecule has 3 heteroatoms. The highest BCUT2D eigenvalue weighted by Gasteiger charge is 2.42. The number of hydrogen-bond acceptors (Lipinski definition) is 2. The molecule has 2 aromatic rings. The van der Waals surface area contributed by atoms with Crippen LogP contribution >= 0.6 is 15.9 Å². The van der Waals surface area contributed by atoms with Crippen molar-refractivity contribution in [3.8, 4) is 0 Å². The zero-order chi connectivity index (χ0) is 13.3. The molecule has 0 spiro atoms. The molecule has 1 aliphatic rings. The van der Waals surface area contributed by atoms with E-state index in [-0.39, 0.29) is 5.41 Å². The highest BCUT2D eigenvalue weighted by atomic mass is 79.9. The lowest BCUT2D eigenvalue weighted by atomic mass is 9.72. The Balaban J connectivity index is 2.08. The first-order chi connectivity index (χ1) is 9.24. The number of ether oxygens (including phenoxy) is 1. The van der Waals surface area contributed by atoms with Gasteiger partial charge in [-0.2, -0.15) is 0 Å². The fraction of sp³-hybridized carbons (Fsp3) is 0.250. The van der Waals surface area contributed by atoms with Gasteiger partial charge in [-0.1, -0.05) is 52.3 Å². The van der Waals surface area contributed by atoms with Gasteiger partial charge < -0.3 is 10.5 Å². The predicted molar refractivity (Wildman–Crippen MR) is 80.1 cm³/mol. The van der Waals surface area contributed by atoms with Gasteiger partial charge in [-0.15, -0.1) is 0 Å². The lowest BCUT2D eigenvalue weighted by molar-refractivity contribution is -0.0380. The summed E-state index contributed by atoms with van der Waals surface area (Å²) in [5.41, 5.74) is 9.48. The zero-order valence-corrected chi connectivity index (χ0v) is 12.2. The van der Waals surface area contributed by atoms with Crippen molar-refractivity contribution in [1.82, 2.24) is 0 Å². The van der Waals surface area contributed by atoms with Crippen molar-refractivity contribution in [1.29, 1.82) is 0 Å². The van der Waals surface area contributed by atoms with Gasteiger partial charge >= 0.3 is 0 Å². The molecule has 2 nitrogen and oxygen atoms in total. The molecular formula is C16H16BrNO. The van der Waals surface area contributed by atoms with Crippen molar-refractivity contribution in [3.05, 3.63) is 69.7 Å². The van der Waals surface area contributed by atoms with Gasteiger partial charge in [-0.05, 0) is 28.8 Å². The number of benzene rings is 2. The summed E-state index contributed by atoms with van der Waals surface area (Å²) in [5.74, 6) is 0. The van der Waals surface area contributed by atoms with E-state index < -0.39 is 0 Å². The summed E-state index contributed by atoms with van der Waals surface area (Å²) in [4.78, 5) is 0. The smallest absolute Gasteiger partial charge is 0.0670 e. The molecule has 2 aromatic carbocycles. The summed E-state index contributed by atoms with van der Waals surface area (Å²) in [7, 11) is 0. The molecule has 0 aromatic heterocycles. The minimum atomic E-state index is -0.0189. The lowest BCUT2D eigenvalue weighted by Gasteiger charge is -2.42. The van der Waals surface area contributed by atoms with E-state index in [4.69, 9.17) is 10.5 Å². The fourth-order valence-corrected chi connectivity index (χ4v) is 2.99. The van der Waals surface area contributed by atoms with E-state index in [1.54, 1.807) is 0 Å². The monoisotopic (exact) mass is 317 g/mol. The van der Waals surface area contributed by atoms with Gasteiger partial charge in [-0.3, -0.25) is 0 Å². The van der Waals surface area contributed by atoms with Crippen LogP contribution in [0.2, 0.25) is 0 Å². The minimum absolute atomic E-state index is 0.0189. The van der Waals surface area contributed by atoms with Crippen molar-refractivity contribution < 1.29 is 4.74 Å². The molecule has 0 amide bonds. The second kappa shape index (κ2) is 5.08. The summed E-state index contributed by atoms with van der Waals surface area (Å²) in [6.45, 7) is 2.04. The van der Waals surface area contributed by atoms with Gasteiger partial charge in [0.2, 0.25) is 0 Å². The molecule has 3 rings (SSSR count). The Morgan fingerprint density at radius 3 is 2.32 bits per heavy atom. The van der Waals surface area contributed by atoms with Crippen molar-refractivity contribution in [3.63, 3.8) is 0 Å². The fourth-order valence-electron chi connectivity index (χ4n) is 2.59. The lowest BCUT2D eigenvalue weighted by Crippen LogP contribution is -2.47. The summed E-state index contributed by atoms with van der Waals surface area (Å²) >= 11 is 3.55. The van der Waals surface area contributed by atoms with Crippen LogP contribution in [0.1, 0.15) is 16.7 Å². The van der Waals surface area contributed by atoms with Crippen molar-refractivity contribution in [2.45, 2.75) is 12.0 Å². The molecule has 0 radical (unpaired) electrons. The van der Waals surface area contributed by atoms with E-state index in [9.17, 15) is 0 Å². The van der Waals surface area contributed by atoms with Crippen LogP contribution in [-0.2, 0) is 16.7 Å². The van der Waals surface area contributed by atoms with E-state index in [0.717, 1.165) is 17.7 Å². The predicted octanol–water partition coefficient (Wildman–Crippen LogP) is 3.22. The Morgan fingerprint density at radius 2 is 1.74 bits per heavy atom. The number of halogens is 1. The molecule has 0 saturated carbocycles. The molecule has 0 bridgehead atoms. The van der Waals surface area contributed by atoms with Crippen molar-refractivity contribution in [2.24, 2.45) is 5.73 Å². The molecule has 0 aliphatic carbocycles. The van der Waals surface area contributed by atoms with Gasteiger partial charge in [0.1, 0.15) is 0 Å². The second-order valence-electron chi connectivity index (χ2n) is 4.99. The first-order valence-corrected chi connectivity index (χ1v) is 7.17. The molecule has 2 N–H and O–H groups in total. The quantitative estimate of drug-likeness (QED) is 0.943. The average molecular weight is 318 g/mol. The van der Waals surface area contributed by atoms with Crippen molar-refractivity contribution in [2.75, 3.05) is 13.2 Å². The Labute approximate surface area is 121 Å². The standard InChI is InChI=1S/C16H16BrNO/c17-15-6-2-5-14(8-15)16(10-19-11-16)13-4-1-3-12(7-13)9-18/h1-8H,9-11,18H2. The van der Waals surface area contributed by atoms with Crippen LogP contribution in [0.3, 0.4) is 0 Å². The van der Waals surface area contributed by atoms with Gasteiger partial charge in [-0.25, -0.2) is 0 Å². The van der Waals surface area contributed by atoms with Gasteiger partial charge in [0.05, 0.1) is 18.6 Å². The maximum atomic E-state index is 5.75. The first-order valence-electron chi connectivity index (χ1n) is 6.38. The normalized spacial score (nSPS) is 16.9. The molecule has 0 atom stereocenters. The third-order valence-corrected chi connectivity index (χ3v) is 4.28. The Bertz CT molecular complexity index is 593. The highest BCUT2D eigenvalue weighted by Crippen LogP contribution is 2.40. The SMILES string of the molecule is NCc1cccc(C2(c3cccc(Br)c3)COC2)c1. The van der Waals surface area contributed by atoms with Crippen LogP contribution in [0.25, 0.3) is 0 Å². The maximum absolute atomic E-state index is 5.75. The van der Waals surface area contributed by atoms with E-state index in [1.807, 2.05) is 6.07 Å². The molecule has 1 aliphatic heterocycles. The molecule has 0 unspecified atom stereocenters. The number of hydrogen-bond donors (Lipinski definition) is 1. The van der Waals surface area contributed by atoms with Crippen LogP contribution in [0.5, 0.6) is 0 Å². The molecule has 1 fully saturated rings. The Hall–Kier alpha value is -1.16. The molecular weight excluding hydrogens is 302 g/mol. The topological polar surface area (TPSA) is 35.2 Å². The first kappa shape index (κ1) is 12.9. The van der Waals surface area contributed by atoms with E-state index in [2.05, 4.69) is 58.4 Å². The van der Waals surface area contributed by atoms with Crippen LogP contribution in [-0.4, -0.2) is 13.2 Å². The van der Waals surface area contributed by atoms with Crippen LogP contribution in [0, 0.1) is 0 Å². The largest absolute Gasteiger partial charge is 0.379 e. The summed E-state index contributed by atoms with van der Waals surface area (Å²) < 4.78 is 6.62. The second-order valence-corrected chi connectivity index (χ2v) is 5.91. The molecule has 1 saturated heterocycles. The minimum Gasteiger partial charge on any atom is -0.379 e. The van der Waals surface area contributed by atoms with E-state index >= 15 is 0 Å². The van der Waals surface area contributed by atoms with Crippen LogP contribution < -0.4 is 5.73 Å². The highest BCUT2D eigenvalue weighted by molar-refractivity contribution is 9.10. The third kappa shape index (κ3) is 2.22. The Morgan fingerprint density at radius 1 is 1.05 bits per heavy atom. The summed E-state index contributed by atoms with van der Waals surface area (Å²) in [6, 6.07) is 17.0. The van der Waals surface area contributed by atoms with Gasteiger partial charge in [0.15, 0.2) is 0 Å². The average Bonchev–Trinajstić information content (AvgIpc) is 2.38. The van der Waals surface area contributed by atoms with Gasteiger partial charge in [0.25, 0.3) is 0 Å². The van der Waals surface area contributed by atoms with Gasteiger partial charge in [0, 0.05) is 11.0 Å². The number of nitrogens with two attached hydrogens (primary N) is 1. The maximum Gasteiger partial charge on any atom is 0.0670 e. The van der Waals surface area contributed by atoms with Crippen LogP contribution in [0.4, 0.5) is 0 Å². The molecule has 19 heavy (non-hydrogen) atoms. The Kier molecular flexibility index (Phi) is 3.44. The van der Waals surface area contributed by atoms with E-state index in [0.29, 0.717) is 6.54 Å². The van der Waals surface area contributed by atoms with Crippen molar-refractivity contribution >= 4 is 15.9 Å². The molecule has 1 heterocycles.